The summed E-state index contributed by atoms with van der Waals surface area (Å²) < 4.78 is 0. The minimum absolute atomic E-state index is 0.298. The monoisotopic (exact) mass is 303 g/mol. The van der Waals surface area contributed by atoms with Crippen molar-refractivity contribution in [3.63, 3.8) is 0 Å². The van der Waals surface area contributed by atoms with E-state index in [4.69, 9.17) is 0 Å². The Morgan fingerprint density at radius 1 is 0.870 bits per heavy atom. The van der Waals surface area contributed by atoms with Crippen LogP contribution in [0.3, 0.4) is 0 Å². The first-order valence-corrected chi connectivity index (χ1v) is 9.21. The molecule has 0 aromatic heterocycles. The Morgan fingerprint density at radius 2 is 1.61 bits per heavy atom. The first-order chi connectivity index (χ1) is 11.2. The van der Waals surface area contributed by atoms with E-state index < -0.39 is 0 Å². The number of hydrogen-bond acceptors (Lipinski definition) is 0. The normalized spacial score (nSPS) is 31.0. The van der Waals surface area contributed by atoms with E-state index in [9.17, 15) is 0 Å². The maximum Gasteiger partial charge on any atom is 0.0117 e. The predicted molar refractivity (Wildman–Crippen MR) is 97.4 cm³/mol. The summed E-state index contributed by atoms with van der Waals surface area (Å²) in [5, 5.41) is 0. The van der Waals surface area contributed by atoms with Gasteiger partial charge >= 0.3 is 0 Å². The van der Waals surface area contributed by atoms with Crippen LogP contribution >= 0.6 is 0 Å². The summed E-state index contributed by atoms with van der Waals surface area (Å²) in [5.74, 6) is 3.14. The van der Waals surface area contributed by atoms with E-state index in [2.05, 4.69) is 68.4 Å². The van der Waals surface area contributed by atoms with Gasteiger partial charge in [-0.3, -0.25) is 0 Å². The lowest BCUT2D eigenvalue weighted by Gasteiger charge is -2.50. The van der Waals surface area contributed by atoms with Gasteiger partial charge in [0.25, 0.3) is 0 Å². The van der Waals surface area contributed by atoms with Crippen molar-refractivity contribution in [2.24, 2.45) is 11.3 Å². The molecule has 1 saturated carbocycles. The Hall–Kier alpha value is -1.56. The van der Waals surface area contributed by atoms with Gasteiger partial charge in [-0.05, 0) is 53.2 Å². The van der Waals surface area contributed by atoms with Gasteiger partial charge in [-0.1, -0.05) is 81.3 Å². The Labute approximate surface area is 140 Å². The minimum atomic E-state index is 0.298. The fourth-order valence-electron chi connectivity index (χ4n) is 5.28. The van der Waals surface area contributed by atoms with Gasteiger partial charge in [-0.25, -0.2) is 0 Å². The Morgan fingerprint density at radius 3 is 2.43 bits per heavy atom. The van der Waals surface area contributed by atoms with Crippen LogP contribution in [0.25, 0.3) is 0 Å². The van der Waals surface area contributed by atoms with E-state index in [0.717, 1.165) is 5.92 Å². The number of aryl methyl sites for hydroxylation is 1. The SMILES string of the molecule is CC1CCC[C](c2ccccc2)[C@]1(C)[C@H]1CCc2ccccc21. The molecule has 3 atom stereocenters. The van der Waals surface area contributed by atoms with Crippen molar-refractivity contribution in [3.8, 4) is 0 Å². The summed E-state index contributed by atoms with van der Waals surface area (Å²) in [6, 6.07) is 20.4. The fourth-order valence-corrected chi connectivity index (χ4v) is 5.28. The van der Waals surface area contributed by atoms with Crippen LogP contribution in [0.1, 0.15) is 62.1 Å². The molecule has 2 aliphatic carbocycles. The standard InChI is InChI=1S/C23H27/c1-17-9-8-14-21(19-11-4-3-5-12-19)23(17,2)22-16-15-18-10-6-7-13-20(18)22/h3-7,10-13,17,22H,8-9,14-16H2,1-2H3/t17?,22-,23+/m0/s1. The first kappa shape index (κ1) is 15.0. The highest BCUT2D eigenvalue weighted by Gasteiger charge is 2.50. The molecule has 1 fully saturated rings. The molecule has 119 valence electrons. The molecule has 2 aromatic rings. The second-order valence-electron chi connectivity index (χ2n) is 7.71. The van der Waals surface area contributed by atoms with Gasteiger partial charge in [0.2, 0.25) is 0 Å². The van der Waals surface area contributed by atoms with E-state index in [1.54, 1.807) is 17.0 Å². The molecule has 0 heteroatoms. The van der Waals surface area contributed by atoms with Crippen molar-refractivity contribution >= 4 is 0 Å². The molecule has 0 N–H and O–H groups in total. The molecule has 2 aromatic carbocycles. The van der Waals surface area contributed by atoms with E-state index in [1.165, 1.54) is 37.7 Å². The van der Waals surface area contributed by atoms with Gasteiger partial charge in [-0.15, -0.1) is 0 Å². The topological polar surface area (TPSA) is 0 Å². The fraction of sp³-hybridized carbons (Fsp3) is 0.435. The largest absolute Gasteiger partial charge is 0.0622 e. The van der Waals surface area contributed by atoms with Gasteiger partial charge in [0.05, 0.1) is 0 Å². The Bertz CT molecular complexity index is 665. The predicted octanol–water partition coefficient (Wildman–Crippen LogP) is 6.17. The number of fused-ring (bicyclic) bond motifs is 1. The maximum absolute atomic E-state index is 2.56. The van der Waals surface area contributed by atoms with E-state index in [1.807, 2.05) is 0 Å². The van der Waals surface area contributed by atoms with Crippen molar-refractivity contribution in [1.82, 2.24) is 0 Å². The molecule has 0 aliphatic heterocycles. The molecule has 23 heavy (non-hydrogen) atoms. The molecule has 0 nitrogen and oxygen atoms in total. The van der Waals surface area contributed by atoms with E-state index in [0.29, 0.717) is 11.3 Å². The number of benzene rings is 2. The van der Waals surface area contributed by atoms with Crippen LogP contribution in [0, 0.1) is 17.3 Å². The summed E-state index contributed by atoms with van der Waals surface area (Å²) in [4.78, 5) is 0. The van der Waals surface area contributed by atoms with Crippen LogP contribution in [0.2, 0.25) is 0 Å². The third-order valence-corrected chi connectivity index (χ3v) is 6.72. The van der Waals surface area contributed by atoms with Crippen molar-refractivity contribution in [2.45, 2.75) is 51.9 Å². The highest BCUT2D eigenvalue weighted by Crippen LogP contribution is 2.60. The van der Waals surface area contributed by atoms with Gasteiger partial charge in [0.1, 0.15) is 0 Å². The average molecular weight is 303 g/mol. The van der Waals surface area contributed by atoms with Crippen molar-refractivity contribution < 1.29 is 0 Å². The van der Waals surface area contributed by atoms with Crippen LogP contribution in [-0.2, 0) is 6.42 Å². The highest BCUT2D eigenvalue weighted by atomic mass is 14.5. The lowest BCUT2D eigenvalue weighted by molar-refractivity contribution is 0.128. The highest BCUT2D eigenvalue weighted by molar-refractivity contribution is 5.43. The van der Waals surface area contributed by atoms with E-state index in [-0.39, 0.29) is 0 Å². The summed E-state index contributed by atoms with van der Waals surface area (Å²) in [7, 11) is 0. The van der Waals surface area contributed by atoms with Crippen molar-refractivity contribution in [1.29, 1.82) is 0 Å². The smallest absolute Gasteiger partial charge is 0.0117 e. The lowest BCUT2D eigenvalue weighted by atomic mass is 9.53. The third-order valence-electron chi connectivity index (χ3n) is 6.72. The first-order valence-electron chi connectivity index (χ1n) is 9.21. The van der Waals surface area contributed by atoms with Crippen LogP contribution in [0.15, 0.2) is 54.6 Å². The Kier molecular flexibility index (Phi) is 3.79. The van der Waals surface area contributed by atoms with Gasteiger partial charge in [0, 0.05) is 5.92 Å². The number of rotatable bonds is 2. The molecule has 1 radical (unpaired) electrons. The molecule has 0 spiro atoms. The average Bonchev–Trinajstić information content (AvgIpc) is 3.03. The molecular formula is C23H27. The lowest BCUT2D eigenvalue weighted by Crippen LogP contribution is -2.41. The quantitative estimate of drug-likeness (QED) is 0.622. The summed E-state index contributed by atoms with van der Waals surface area (Å²) in [6.45, 7) is 5.05. The maximum atomic E-state index is 2.56. The zero-order valence-electron chi connectivity index (χ0n) is 14.4. The van der Waals surface area contributed by atoms with Gasteiger partial charge < -0.3 is 0 Å². The minimum Gasteiger partial charge on any atom is -0.0622 e. The van der Waals surface area contributed by atoms with Gasteiger partial charge in [0.15, 0.2) is 0 Å². The molecule has 1 unspecified atom stereocenters. The summed E-state index contributed by atoms with van der Waals surface area (Å²) >= 11 is 0. The van der Waals surface area contributed by atoms with Crippen LogP contribution in [0.4, 0.5) is 0 Å². The molecule has 0 saturated heterocycles. The molecule has 4 rings (SSSR count). The van der Waals surface area contributed by atoms with Crippen LogP contribution in [0.5, 0.6) is 0 Å². The zero-order valence-corrected chi connectivity index (χ0v) is 14.4. The van der Waals surface area contributed by atoms with Crippen molar-refractivity contribution in [3.05, 3.63) is 77.2 Å². The van der Waals surface area contributed by atoms with E-state index >= 15 is 0 Å². The number of hydrogen-bond donors (Lipinski definition) is 0. The summed E-state index contributed by atoms with van der Waals surface area (Å²) in [6.07, 6.45) is 6.55. The second kappa shape index (κ2) is 5.82. The van der Waals surface area contributed by atoms with Crippen LogP contribution < -0.4 is 0 Å². The Balaban J connectivity index is 1.79. The van der Waals surface area contributed by atoms with Crippen LogP contribution in [-0.4, -0.2) is 0 Å². The molecule has 0 amide bonds. The molecule has 0 bridgehead atoms. The second-order valence-corrected chi connectivity index (χ2v) is 7.71. The third kappa shape index (κ3) is 2.35. The molecule has 2 aliphatic rings. The zero-order chi connectivity index (χ0) is 15.9. The molecule has 0 heterocycles. The van der Waals surface area contributed by atoms with Crippen molar-refractivity contribution in [2.75, 3.05) is 0 Å². The summed E-state index contributed by atoms with van der Waals surface area (Å²) in [5.41, 5.74) is 4.98. The van der Waals surface area contributed by atoms with Gasteiger partial charge in [-0.2, -0.15) is 0 Å². The molecular weight excluding hydrogens is 276 g/mol.